The summed E-state index contributed by atoms with van der Waals surface area (Å²) < 4.78 is 32.4. The van der Waals surface area contributed by atoms with Crippen molar-refractivity contribution in [2.75, 3.05) is 0 Å². The van der Waals surface area contributed by atoms with Gasteiger partial charge in [0.15, 0.2) is 5.78 Å². The van der Waals surface area contributed by atoms with Crippen LogP contribution in [0.3, 0.4) is 0 Å². The third kappa shape index (κ3) is 2.69. The zero-order valence-electron chi connectivity index (χ0n) is 11.8. The fourth-order valence-corrected chi connectivity index (χ4v) is 3.23. The molecule has 0 amide bonds. The second-order valence-corrected chi connectivity index (χ2v) is 6.37. The highest BCUT2D eigenvalue weighted by Gasteiger charge is 2.23. The number of carbonyl (C=O) groups is 1. The first-order valence-electron chi connectivity index (χ1n) is 6.71. The lowest BCUT2D eigenvalue weighted by Crippen LogP contribution is -2.06. The Morgan fingerprint density at radius 3 is 2.04 bits per heavy atom. The summed E-state index contributed by atoms with van der Waals surface area (Å²) in [5, 5.41) is 10.6. The van der Waals surface area contributed by atoms with E-state index in [0.29, 0.717) is 5.56 Å². The van der Waals surface area contributed by atoms with Gasteiger partial charge in [-0.05, 0) is 5.39 Å². The summed E-state index contributed by atoms with van der Waals surface area (Å²) >= 11 is 0. The van der Waals surface area contributed by atoms with Crippen molar-refractivity contribution in [2.24, 2.45) is 0 Å². The lowest BCUT2D eigenvalue weighted by atomic mass is 9.96. The summed E-state index contributed by atoms with van der Waals surface area (Å²) in [6, 6.07) is 15.5. The average molecular weight is 328 g/mol. The molecule has 3 rings (SSSR count). The highest BCUT2D eigenvalue weighted by Crippen LogP contribution is 2.34. The lowest BCUT2D eigenvalue weighted by molar-refractivity contribution is 0.103. The first kappa shape index (κ1) is 15.2. The molecule has 2 N–H and O–H groups in total. The van der Waals surface area contributed by atoms with E-state index in [4.69, 9.17) is 0 Å². The fourth-order valence-electron chi connectivity index (χ4n) is 2.51. The van der Waals surface area contributed by atoms with Gasteiger partial charge in [0.25, 0.3) is 10.1 Å². The summed E-state index contributed by atoms with van der Waals surface area (Å²) in [7, 11) is -4.53. The Balaban J connectivity index is 2.36. The number of rotatable bonds is 3. The standard InChI is InChI=1S/C17H12O5S/c18-14-10-15(23(20,21)22)12-8-4-5-9-13(12)16(14)17(19)11-6-2-1-3-7-11/h1-10,18H,(H,20,21,22). The van der Waals surface area contributed by atoms with Crippen LogP contribution < -0.4 is 0 Å². The molecule has 0 bridgehead atoms. The highest BCUT2D eigenvalue weighted by molar-refractivity contribution is 7.86. The summed E-state index contributed by atoms with van der Waals surface area (Å²) in [4.78, 5) is 12.2. The monoisotopic (exact) mass is 328 g/mol. The zero-order valence-corrected chi connectivity index (χ0v) is 12.6. The Bertz CT molecular complexity index is 1010. The van der Waals surface area contributed by atoms with Crippen LogP contribution in [0, 0.1) is 0 Å². The van der Waals surface area contributed by atoms with E-state index in [2.05, 4.69) is 0 Å². The molecule has 23 heavy (non-hydrogen) atoms. The molecule has 0 saturated carbocycles. The molecule has 3 aromatic rings. The second-order valence-electron chi connectivity index (χ2n) is 4.98. The molecule has 5 nitrogen and oxygen atoms in total. The van der Waals surface area contributed by atoms with Gasteiger partial charge in [0.2, 0.25) is 0 Å². The Labute approximate surface area is 132 Å². The number of hydrogen-bond donors (Lipinski definition) is 2. The van der Waals surface area contributed by atoms with Gasteiger partial charge in [0.1, 0.15) is 10.6 Å². The summed E-state index contributed by atoms with van der Waals surface area (Å²) in [5.41, 5.74) is 0.367. The molecule has 0 aliphatic heterocycles. The van der Waals surface area contributed by atoms with E-state index in [1.54, 1.807) is 42.5 Å². The van der Waals surface area contributed by atoms with Crippen LogP contribution in [-0.4, -0.2) is 23.9 Å². The van der Waals surface area contributed by atoms with Crippen LogP contribution in [0.1, 0.15) is 15.9 Å². The van der Waals surface area contributed by atoms with Gasteiger partial charge in [-0.15, -0.1) is 0 Å². The molecule has 0 aliphatic rings. The van der Waals surface area contributed by atoms with Crippen molar-refractivity contribution < 1.29 is 22.9 Å². The summed E-state index contributed by atoms with van der Waals surface area (Å²) in [5.74, 6) is -0.925. The molecule has 0 unspecified atom stereocenters. The van der Waals surface area contributed by atoms with Gasteiger partial charge in [-0.3, -0.25) is 9.35 Å². The molecular formula is C17H12O5S. The maximum atomic E-state index is 12.7. The molecule has 0 radical (unpaired) electrons. The van der Waals surface area contributed by atoms with Crippen LogP contribution in [0.2, 0.25) is 0 Å². The Hall–Kier alpha value is -2.70. The first-order valence-corrected chi connectivity index (χ1v) is 8.15. The van der Waals surface area contributed by atoms with E-state index in [0.717, 1.165) is 6.07 Å². The van der Waals surface area contributed by atoms with Crippen LogP contribution in [0.5, 0.6) is 5.75 Å². The lowest BCUT2D eigenvalue weighted by Gasteiger charge is -2.11. The number of phenols is 1. The summed E-state index contributed by atoms with van der Waals surface area (Å²) in [6.07, 6.45) is 0. The molecule has 0 fully saturated rings. The van der Waals surface area contributed by atoms with E-state index in [1.807, 2.05) is 0 Å². The third-order valence-corrected chi connectivity index (χ3v) is 4.42. The van der Waals surface area contributed by atoms with Crippen LogP contribution in [0.4, 0.5) is 0 Å². The van der Waals surface area contributed by atoms with Gasteiger partial charge in [-0.25, -0.2) is 0 Å². The average Bonchev–Trinajstić information content (AvgIpc) is 2.53. The number of hydrogen-bond acceptors (Lipinski definition) is 4. The van der Waals surface area contributed by atoms with E-state index in [1.165, 1.54) is 12.1 Å². The van der Waals surface area contributed by atoms with Crippen LogP contribution in [-0.2, 0) is 10.1 Å². The molecule has 0 heterocycles. The molecule has 6 heteroatoms. The molecule has 0 aliphatic carbocycles. The molecule has 0 aromatic heterocycles. The SMILES string of the molecule is O=C(c1ccccc1)c1c(O)cc(S(=O)(=O)O)c2ccccc12. The van der Waals surface area contributed by atoms with E-state index >= 15 is 0 Å². The van der Waals surface area contributed by atoms with E-state index in [9.17, 15) is 22.9 Å². The minimum Gasteiger partial charge on any atom is -0.507 e. The Kier molecular flexibility index (Phi) is 3.63. The van der Waals surface area contributed by atoms with Gasteiger partial charge in [0.05, 0.1) is 5.56 Å². The van der Waals surface area contributed by atoms with E-state index in [-0.39, 0.29) is 16.3 Å². The highest BCUT2D eigenvalue weighted by atomic mass is 32.2. The summed E-state index contributed by atoms with van der Waals surface area (Å²) in [6.45, 7) is 0. The largest absolute Gasteiger partial charge is 0.507 e. The van der Waals surface area contributed by atoms with Crippen molar-refractivity contribution in [1.29, 1.82) is 0 Å². The van der Waals surface area contributed by atoms with Gasteiger partial charge < -0.3 is 5.11 Å². The predicted molar refractivity (Wildman–Crippen MR) is 85.3 cm³/mol. The maximum absolute atomic E-state index is 12.7. The zero-order chi connectivity index (χ0) is 16.6. The van der Waals surface area contributed by atoms with Gasteiger partial charge in [-0.1, -0.05) is 54.6 Å². The van der Waals surface area contributed by atoms with Crippen LogP contribution in [0.15, 0.2) is 65.6 Å². The second kappa shape index (κ2) is 5.49. The number of ketones is 1. The van der Waals surface area contributed by atoms with Crippen LogP contribution >= 0.6 is 0 Å². The minimum atomic E-state index is -4.53. The molecular weight excluding hydrogens is 316 g/mol. The first-order chi connectivity index (χ1) is 10.9. The van der Waals surface area contributed by atoms with Crippen LogP contribution in [0.25, 0.3) is 10.8 Å². The third-order valence-electron chi connectivity index (χ3n) is 3.53. The number of fused-ring (bicyclic) bond motifs is 1. The van der Waals surface area contributed by atoms with Crippen molar-refractivity contribution >= 4 is 26.7 Å². The number of aromatic hydroxyl groups is 1. The number of carbonyl (C=O) groups excluding carboxylic acids is 1. The minimum absolute atomic E-state index is 0.000741. The Morgan fingerprint density at radius 1 is 0.870 bits per heavy atom. The maximum Gasteiger partial charge on any atom is 0.295 e. The molecule has 0 saturated heterocycles. The molecule has 0 spiro atoms. The smallest absolute Gasteiger partial charge is 0.295 e. The molecule has 0 atom stereocenters. The molecule has 3 aromatic carbocycles. The van der Waals surface area contributed by atoms with Crippen molar-refractivity contribution in [3.05, 3.63) is 71.8 Å². The number of benzene rings is 3. The van der Waals surface area contributed by atoms with Crippen molar-refractivity contribution in [1.82, 2.24) is 0 Å². The Morgan fingerprint density at radius 2 is 1.43 bits per heavy atom. The number of phenolic OH excluding ortho intramolecular Hbond substituents is 1. The fraction of sp³-hybridized carbons (Fsp3) is 0. The van der Waals surface area contributed by atoms with Crippen molar-refractivity contribution in [3.63, 3.8) is 0 Å². The van der Waals surface area contributed by atoms with Gasteiger partial charge in [-0.2, -0.15) is 8.42 Å². The molecule has 116 valence electrons. The normalized spacial score (nSPS) is 11.5. The van der Waals surface area contributed by atoms with Gasteiger partial charge in [0, 0.05) is 17.0 Å². The van der Waals surface area contributed by atoms with Crippen molar-refractivity contribution in [3.8, 4) is 5.75 Å². The van der Waals surface area contributed by atoms with Gasteiger partial charge >= 0.3 is 0 Å². The van der Waals surface area contributed by atoms with Crippen molar-refractivity contribution in [2.45, 2.75) is 4.90 Å². The topological polar surface area (TPSA) is 91.7 Å². The quantitative estimate of drug-likeness (QED) is 0.569. The van der Waals surface area contributed by atoms with E-state index < -0.39 is 26.5 Å². The predicted octanol–water partition coefficient (Wildman–Crippen LogP) is 3.02.